The maximum absolute atomic E-state index is 13.3. The molecule has 1 fully saturated rings. The van der Waals surface area contributed by atoms with E-state index in [9.17, 15) is 18.0 Å². The molecule has 1 aliphatic carbocycles. The molecule has 1 saturated carbocycles. The van der Waals surface area contributed by atoms with Crippen LogP contribution in [-0.2, 0) is 24.1 Å². The maximum atomic E-state index is 13.3. The average Bonchev–Trinajstić information content (AvgIpc) is 3.20. The number of rotatable bonds is 5. The highest BCUT2D eigenvalue weighted by Crippen LogP contribution is 2.37. The molecule has 0 saturated heterocycles. The van der Waals surface area contributed by atoms with Crippen LogP contribution in [0.2, 0.25) is 0 Å². The van der Waals surface area contributed by atoms with Crippen LogP contribution in [0.25, 0.3) is 0 Å². The van der Waals surface area contributed by atoms with Gasteiger partial charge < -0.3 is 10.2 Å². The van der Waals surface area contributed by atoms with Gasteiger partial charge in [-0.2, -0.15) is 13.2 Å². The molecule has 1 aromatic rings. The second-order valence-corrected chi connectivity index (χ2v) is 8.02. The number of carbonyl (C=O) groups is 1. The Bertz CT molecular complexity index is 925. The van der Waals surface area contributed by atoms with Gasteiger partial charge in [0.1, 0.15) is 5.82 Å². The number of hydrogen-bond acceptors (Lipinski definition) is 5. The summed E-state index contributed by atoms with van der Waals surface area (Å²) < 4.78 is 38.6. The van der Waals surface area contributed by atoms with E-state index in [1.807, 2.05) is 13.8 Å². The Kier molecular flexibility index (Phi) is 5.27. The molecule has 0 spiro atoms. The van der Waals surface area contributed by atoms with Crippen molar-refractivity contribution in [2.45, 2.75) is 65.3 Å². The highest BCUT2D eigenvalue weighted by Gasteiger charge is 2.39. The van der Waals surface area contributed by atoms with Crippen molar-refractivity contribution in [2.24, 2.45) is 4.99 Å². The SMILES string of the molecule is C=N/C(NC1(C)CC1)=C(\C)C(C(=O)N1Cc2cnc(C(F)(F)F)nc2C1)=C(C)C. The third-order valence-corrected chi connectivity index (χ3v) is 5.22. The van der Waals surface area contributed by atoms with Crippen LogP contribution in [-0.4, -0.2) is 33.0 Å². The van der Waals surface area contributed by atoms with Crippen molar-refractivity contribution in [1.29, 1.82) is 0 Å². The number of hydrogen-bond donors (Lipinski definition) is 1. The first-order chi connectivity index (χ1) is 13.4. The van der Waals surface area contributed by atoms with Crippen LogP contribution in [0.4, 0.5) is 13.2 Å². The second kappa shape index (κ2) is 7.27. The minimum atomic E-state index is -4.62. The van der Waals surface area contributed by atoms with E-state index in [2.05, 4.69) is 33.9 Å². The molecule has 2 heterocycles. The summed E-state index contributed by atoms with van der Waals surface area (Å²) in [5, 5.41) is 3.34. The van der Waals surface area contributed by atoms with Crippen LogP contribution < -0.4 is 5.32 Å². The first-order valence-electron chi connectivity index (χ1n) is 9.30. The van der Waals surface area contributed by atoms with Gasteiger partial charge in [0.05, 0.1) is 12.2 Å². The zero-order chi connectivity index (χ0) is 21.6. The molecular formula is C20H24F3N5O. The number of nitrogens with one attached hydrogen (secondary N) is 1. The Morgan fingerprint density at radius 1 is 1.28 bits per heavy atom. The lowest BCUT2D eigenvalue weighted by molar-refractivity contribution is -0.145. The highest BCUT2D eigenvalue weighted by molar-refractivity contribution is 5.98. The van der Waals surface area contributed by atoms with Gasteiger partial charge >= 0.3 is 6.18 Å². The normalized spacial score (nSPS) is 18.0. The number of carbonyl (C=O) groups excluding carboxylic acids is 1. The minimum absolute atomic E-state index is 0.00578. The molecule has 0 bridgehead atoms. The Labute approximate surface area is 167 Å². The summed E-state index contributed by atoms with van der Waals surface area (Å²) in [7, 11) is 0. The lowest BCUT2D eigenvalue weighted by Gasteiger charge is -2.22. The zero-order valence-electron chi connectivity index (χ0n) is 16.9. The number of alkyl halides is 3. The van der Waals surface area contributed by atoms with Gasteiger partial charge in [0.2, 0.25) is 5.82 Å². The Balaban J connectivity index is 1.87. The standard InChI is InChI=1S/C20H24F3N5O/c1-11(2)15(12(3)16(24-5)27-19(4)6-7-19)17(29)28-9-13-8-25-18(20(21,22)23)26-14(13)10-28/h8,27H,5-7,9-10H2,1-4H3/b16-12-. The van der Waals surface area contributed by atoms with E-state index in [-0.39, 0.29) is 30.2 Å². The molecule has 156 valence electrons. The lowest BCUT2D eigenvalue weighted by Crippen LogP contribution is -2.31. The summed E-state index contributed by atoms with van der Waals surface area (Å²) in [6.45, 7) is 11.3. The largest absolute Gasteiger partial charge is 0.451 e. The van der Waals surface area contributed by atoms with E-state index in [1.165, 1.54) is 4.90 Å². The zero-order valence-corrected chi connectivity index (χ0v) is 16.9. The summed E-state index contributed by atoms with van der Waals surface area (Å²) in [4.78, 5) is 25.8. The van der Waals surface area contributed by atoms with Crippen molar-refractivity contribution in [3.63, 3.8) is 0 Å². The van der Waals surface area contributed by atoms with Crippen molar-refractivity contribution in [2.75, 3.05) is 0 Å². The number of fused-ring (bicyclic) bond motifs is 1. The molecule has 29 heavy (non-hydrogen) atoms. The Morgan fingerprint density at radius 2 is 1.93 bits per heavy atom. The summed E-state index contributed by atoms with van der Waals surface area (Å²) in [6.07, 6.45) is -1.44. The number of halogens is 3. The van der Waals surface area contributed by atoms with Gasteiger partial charge in [-0.15, -0.1) is 0 Å². The highest BCUT2D eigenvalue weighted by atomic mass is 19.4. The topological polar surface area (TPSA) is 70.5 Å². The van der Waals surface area contributed by atoms with Crippen molar-refractivity contribution in [3.8, 4) is 0 Å². The van der Waals surface area contributed by atoms with E-state index in [4.69, 9.17) is 0 Å². The van der Waals surface area contributed by atoms with E-state index >= 15 is 0 Å². The van der Waals surface area contributed by atoms with Crippen LogP contribution in [0.3, 0.4) is 0 Å². The average molecular weight is 407 g/mol. The molecule has 1 amide bonds. The molecule has 3 rings (SSSR count). The smallest absolute Gasteiger partial charge is 0.365 e. The lowest BCUT2D eigenvalue weighted by atomic mass is 10.0. The molecule has 9 heteroatoms. The van der Waals surface area contributed by atoms with E-state index in [0.29, 0.717) is 22.5 Å². The molecule has 0 aromatic carbocycles. The Hall–Kier alpha value is -2.71. The first kappa shape index (κ1) is 21.0. The first-order valence-corrected chi connectivity index (χ1v) is 9.30. The molecule has 0 atom stereocenters. The van der Waals surface area contributed by atoms with Gasteiger partial charge in [-0.25, -0.2) is 15.0 Å². The van der Waals surface area contributed by atoms with Crippen LogP contribution >= 0.6 is 0 Å². The third kappa shape index (κ3) is 4.33. The summed E-state index contributed by atoms with van der Waals surface area (Å²) in [5.41, 5.74) is 2.63. The molecular weight excluding hydrogens is 383 g/mol. The predicted octanol–water partition coefficient (Wildman–Crippen LogP) is 3.75. The molecule has 1 aliphatic heterocycles. The number of aliphatic imine (C=N–C) groups is 1. The van der Waals surface area contributed by atoms with Crippen molar-refractivity contribution in [3.05, 3.63) is 45.8 Å². The predicted molar refractivity (Wildman–Crippen MR) is 103 cm³/mol. The Morgan fingerprint density at radius 3 is 2.45 bits per heavy atom. The van der Waals surface area contributed by atoms with Crippen LogP contribution in [0.1, 0.15) is 57.6 Å². The van der Waals surface area contributed by atoms with Gasteiger partial charge in [-0.3, -0.25) is 4.79 Å². The number of nitrogens with zero attached hydrogens (tertiary/aromatic N) is 4. The van der Waals surface area contributed by atoms with Crippen LogP contribution in [0, 0.1) is 0 Å². The van der Waals surface area contributed by atoms with E-state index in [1.54, 1.807) is 6.92 Å². The van der Waals surface area contributed by atoms with Gasteiger partial charge in [-0.05, 0) is 47.3 Å². The summed E-state index contributed by atoms with van der Waals surface area (Å²) in [5.74, 6) is -0.924. The number of aromatic nitrogens is 2. The minimum Gasteiger partial charge on any atom is -0.365 e. The molecule has 0 unspecified atom stereocenters. The van der Waals surface area contributed by atoms with Crippen LogP contribution in [0.15, 0.2) is 33.7 Å². The fourth-order valence-electron chi connectivity index (χ4n) is 3.31. The number of amides is 1. The van der Waals surface area contributed by atoms with Gasteiger partial charge in [0.25, 0.3) is 5.91 Å². The quantitative estimate of drug-likeness (QED) is 0.459. The van der Waals surface area contributed by atoms with E-state index < -0.39 is 12.0 Å². The van der Waals surface area contributed by atoms with Crippen molar-refractivity contribution < 1.29 is 18.0 Å². The van der Waals surface area contributed by atoms with Gasteiger partial charge in [-0.1, -0.05) is 5.57 Å². The molecule has 1 N–H and O–H groups in total. The molecule has 2 aliphatic rings. The second-order valence-electron chi connectivity index (χ2n) is 8.02. The van der Waals surface area contributed by atoms with E-state index in [0.717, 1.165) is 24.6 Å². The molecule has 1 aromatic heterocycles. The molecule has 6 nitrogen and oxygen atoms in total. The van der Waals surface area contributed by atoms with Gasteiger partial charge in [0, 0.05) is 35.0 Å². The van der Waals surface area contributed by atoms with Gasteiger partial charge in [0.15, 0.2) is 0 Å². The summed E-state index contributed by atoms with van der Waals surface area (Å²) in [6, 6.07) is 0. The maximum Gasteiger partial charge on any atom is 0.451 e. The fraction of sp³-hybridized carbons (Fsp3) is 0.500. The van der Waals surface area contributed by atoms with Crippen molar-refractivity contribution >= 4 is 12.6 Å². The fourth-order valence-corrected chi connectivity index (χ4v) is 3.31. The summed E-state index contributed by atoms with van der Waals surface area (Å²) >= 11 is 0. The van der Waals surface area contributed by atoms with Crippen molar-refractivity contribution in [1.82, 2.24) is 20.2 Å². The molecule has 0 radical (unpaired) electrons. The monoisotopic (exact) mass is 407 g/mol. The third-order valence-electron chi connectivity index (χ3n) is 5.22. The number of allylic oxidation sites excluding steroid dienone is 1. The van der Waals surface area contributed by atoms with Crippen LogP contribution in [0.5, 0.6) is 0 Å².